The topological polar surface area (TPSA) is 90.7 Å². The smallest absolute Gasteiger partial charge is 0.352 e. The third-order valence-electron chi connectivity index (χ3n) is 2.83. The highest BCUT2D eigenvalue weighted by atomic mass is 19.4. The van der Waals surface area contributed by atoms with E-state index in [-0.39, 0.29) is 0 Å². The second-order valence-electron chi connectivity index (χ2n) is 4.44. The monoisotopic (exact) mass is 332 g/mol. The summed E-state index contributed by atoms with van der Waals surface area (Å²) < 4.78 is 45.2. The molecule has 1 aromatic rings. The molecule has 1 rings (SSSR count). The fraction of sp³-hybridized carbons (Fsp3) is 0.286. The van der Waals surface area contributed by atoms with E-state index in [4.69, 9.17) is 4.74 Å². The number of hydrogen-bond donors (Lipinski definition) is 2. The van der Waals surface area contributed by atoms with Crippen LogP contribution in [0.15, 0.2) is 43.0 Å². The minimum atomic E-state index is -5.08. The van der Waals surface area contributed by atoms with Crippen molar-refractivity contribution in [3.63, 3.8) is 0 Å². The number of benzene rings is 1. The molecule has 9 heteroatoms. The molecule has 126 valence electrons. The average molecular weight is 332 g/mol. The molecule has 0 spiro atoms. The number of rotatable bonds is 6. The summed E-state index contributed by atoms with van der Waals surface area (Å²) in [6.45, 7) is 2.71. The van der Waals surface area contributed by atoms with E-state index in [1.807, 2.05) is 0 Å². The van der Waals surface area contributed by atoms with Gasteiger partial charge in [-0.05, 0) is 5.56 Å². The predicted molar refractivity (Wildman–Crippen MR) is 73.6 cm³/mol. The maximum absolute atomic E-state index is 13.4. The summed E-state index contributed by atoms with van der Waals surface area (Å²) >= 11 is 0. The summed E-state index contributed by atoms with van der Waals surface area (Å²) in [4.78, 5) is 26.3. The molecule has 0 fully saturated rings. The fourth-order valence-electron chi connectivity index (χ4n) is 1.71. The molecule has 0 radical (unpaired) electrons. The summed E-state index contributed by atoms with van der Waals surface area (Å²) in [5, 5.41) is 0. The normalized spacial score (nSPS) is 13.7. The molecule has 2 amide bonds. The van der Waals surface area contributed by atoms with Crippen molar-refractivity contribution in [2.75, 3.05) is 0 Å². The number of carbonyl (C=O) groups is 2. The van der Waals surface area contributed by atoms with Gasteiger partial charge in [0.15, 0.2) is 0 Å². The third kappa shape index (κ3) is 4.71. The number of alkyl halides is 3. The van der Waals surface area contributed by atoms with E-state index in [9.17, 15) is 22.8 Å². The van der Waals surface area contributed by atoms with Crippen LogP contribution in [0.2, 0.25) is 0 Å². The minimum Gasteiger partial charge on any atom is -0.352 e. The Morgan fingerprint density at radius 2 is 1.87 bits per heavy atom. The lowest BCUT2D eigenvalue weighted by molar-refractivity contribution is -0.272. The van der Waals surface area contributed by atoms with Gasteiger partial charge in [0, 0.05) is 6.42 Å². The van der Waals surface area contributed by atoms with Gasteiger partial charge in [-0.2, -0.15) is 18.7 Å². The highest BCUT2D eigenvalue weighted by molar-refractivity contribution is 5.86. The van der Waals surface area contributed by atoms with E-state index >= 15 is 0 Å². The van der Waals surface area contributed by atoms with Crippen LogP contribution in [0.1, 0.15) is 12.0 Å². The van der Waals surface area contributed by atoms with E-state index in [2.05, 4.69) is 17.2 Å². The highest BCUT2D eigenvalue weighted by Crippen LogP contribution is 2.38. The van der Waals surface area contributed by atoms with E-state index in [1.54, 1.807) is 18.2 Å². The van der Waals surface area contributed by atoms with Crippen molar-refractivity contribution in [1.82, 2.24) is 5.48 Å². The standard InChI is InChI=1S/C14H15F3N2O4/c1-2-8-13(14(15,16)17,11(20)19-23-12(18)21)22-9-10-6-4-3-5-7-10/h2-7H,1,8-9H2,(H2,18,21)(H,19,20). The van der Waals surface area contributed by atoms with E-state index < -0.39 is 36.8 Å². The van der Waals surface area contributed by atoms with Crippen molar-refractivity contribution in [1.29, 1.82) is 0 Å². The number of ether oxygens (including phenoxy) is 1. The molecule has 1 unspecified atom stereocenters. The molecule has 0 aliphatic carbocycles. The highest BCUT2D eigenvalue weighted by Gasteiger charge is 2.61. The van der Waals surface area contributed by atoms with E-state index in [0.717, 1.165) is 6.08 Å². The Bertz CT molecular complexity index is 563. The number of halogens is 3. The van der Waals surface area contributed by atoms with Crippen molar-refractivity contribution < 1.29 is 32.3 Å². The molecule has 0 saturated heterocycles. The number of amides is 2. The van der Waals surface area contributed by atoms with Gasteiger partial charge in [-0.25, -0.2) is 4.79 Å². The number of nitrogens with two attached hydrogens (primary N) is 1. The Labute approximate surface area is 130 Å². The van der Waals surface area contributed by atoms with Crippen LogP contribution < -0.4 is 11.2 Å². The SMILES string of the molecule is C=CCC(OCc1ccccc1)(C(=O)NOC(N)=O)C(F)(F)F. The Morgan fingerprint density at radius 3 is 2.35 bits per heavy atom. The Kier molecular flexibility index (Phi) is 6.14. The van der Waals surface area contributed by atoms with Crippen LogP contribution >= 0.6 is 0 Å². The van der Waals surface area contributed by atoms with Gasteiger partial charge in [0.2, 0.25) is 5.60 Å². The maximum Gasteiger partial charge on any atom is 0.428 e. The maximum atomic E-state index is 13.4. The van der Waals surface area contributed by atoms with Gasteiger partial charge in [0.25, 0.3) is 5.91 Å². The molecular formula is C14H15F3N2O4. The van der Waals surface area contributed by atoms with Crippen molar-refractivity contribution in [3.05, 3.63) is 48.6 Å². The average Bonchev–Trinajstić information content (AvgIpc) is 2.48. The Morgan fingerprint density at radius 1 is 1.26 bits per heavy atom. The number of nitrogens with one attached hydrogen (secondary N) is 1. The summed E-state index contributed by atoms with van der Waals surface area (Å²) in [5.74, 6) is -1.71. The van der Waals surface area contributed by atoms with E-state index in [1.165, 1.54) is 17.6 Å². The van der Waals surface area contributed by atoms with Crippen LogP contribution in [0.4, 0.5) is 18.0 Å². The van der Waals surface area contributed by atoms with Crippen molar-refractivity contribution >= 4 is 12.0 Å². The minimum absolute atomic E-state index is 0.425. The number of hydrogen-bond acceptors (Lipinski definition) is 4. The molecule has 1 aromatic carbocycles. The zero-order chi connectivity index (χ0) is 17.5. The quantitative estimate of drug-likeness (QED) is 0.617. The van der Waals surface area contributed by atoms with Gasteiger partial charge in [0.1, 0.15) is 0 Å². The van der Waals surface area contributed by atoms with Crippen LogP contribution in [0.5, 0.6) is 0 Å². The third-order valence-corrected chi connectivity index (χ3v) is 2.83. The zero-order valence-electron chi connectivity index (χ0n) is 11.9. The second-order valence-corrected chi connectivity index (χ2v) is 4.44. The molecule has 0 aromatic heterocycles. The second kappa shape index (κ2) is 7.63. The Hall–Kier alpha value is -2.55. The molecule has 0 heterocycles. The summed E-state index contributed by atoms with van der Waals surface area (Å²) in [7, 11) is 0. The van der Waals surface area contributed by atoms with Crippen LogP contribution in [0, 0.1) is 0 Å². The van der Waals surface area contributed by atoms with Gasteiger partial charge in [0.05, 0.1) is 6.61 Å². The largest absolute Gasteiger partial charge is 0.428 e. The predicted octanol–water partition coefficient (Wildman–Crippen LogP) is 2.21. The summed E-state index contributed by atoms with van der Waals surface area (Å²) in [6, 6.07) is 7.97. The number of primary amides is 1. The molecule has 0 bridgehead atoms. The molecule has 0 saturated carbocycles. The van der Waals surface area contributed by atoms with Gasteiger partial charge >= 0.3 is 12.3 Å². The molecule has 0 aliphatic rings. The van der Waals surface area contributed by atoms with Crippen molar-refractivity contribution in [3.8, 4) is 0 Å². The number of hydroxylamine groups is 1. The van der Waals surface area contributed by atoms with Crippen LogP contribution in [-0.4, -0.2) is 23.8 Å². The lowest BCUT2D eigenvalue weighted by Gasteiger charge is -2.32. The molecule has 1 atom stereocenters. The van der Waals surface area contributed by atoms with Crippen molar-refractivity contribution in [2.24, 2.45) is 5.73 Å². The number of carbonyl (C=O) groups excluding carboxylic acids is 2. The molecule has 6 nitrogen and oxygen atoms in total. The lowest BCUT2D eigenvalue weighted by Crippen LogP contribution is -2.58. The Balaban J connectivity index is 3.04. The first-order chi connectivity index (χ1) is 10.7. The fourth-order valence-corrected chi connectivity index (χ4v) is 1.71. The molecule has 3 N–H and O–H groups in total. The summed E-state index contributed by atoms with van der Waals surface area (Å²) in [5.41, 5.74) is 3.12. The van der Waals surface area contributed by atoms with Crippen LogP contribution in [-0.2, 0) is 21.0 Å². The summed E-state index contributed by atoms with van der Waals surface area (Å²) in [6.07, 6.45) is -6.54. The first kappa shape index (κ1) is 18.5. The zero-order valence-corrected chi connectivity index (χ0v) is 11.9. The van der Waals surface area contributed by atoms with Crippen LogP contribution in [0.25, 0.3) is 0 Å². The molecular weight excluding hydrogens is 317 g/mol. The lowest BCUT2D eigenvalue weighted by atomic mass is 9.97. The molecule has 0 aliphatic heterocycles. The van der Waals surface area contributed by atoms with E-state index in [0.29, 0.717) is 5.56 Å². The first-order valence-corrected chi connectivity index (χ1v) is 6.35. The van der Waals surface area contributed by atoms with Gasteiger partial charge < -0.3 is 15.3 Å². The van der Waals surface area contributed by atoms with Gasteiger partial charge in [-0.15, -0.1) is 6.58 Å². The van der Waals surface area contributed by atoms with Gasteiger partial charge in [-0.1, -0.05) is 36.4 Å². The first-order valence-electron chi connectivity index (χ1n) is 6.35. The van der Waals surface area contributed by atoms with Crippen molar-refractivity contribution in [2.45, 2.75) is 24.8 Å². The van der Waals surface area contributed by atoms with Gasteiger partial charge in [-0.3, -0.25) is 4.79 Å². The molecule has 23 heavy (non-hydrogen) atoms. The van der Waals surface area contributed by atoms with Crippen LogP contribution in [0.3, 0.4) is 0 Å².